The summed E-state index contributed by atoms with van der Waals surface area (Å²) in [6.07, 6.45) is 72.2. The van der Waals surface area contributed by atoms with Gasteiger partial charge in [-0.15, -0.1) is 0 Å². The second kappa shape index (κ2) is 79.9. The third-order valence-corrected chi connectivity index (χ3v) is 23.0. The summed E-state index contributed by atoms with van der Waals surface area (Å²) < 4.78 is 69.0. The van der Waals surface area contributed by atoms with E-state index in [9.17, 15) is 43.2 Å². The molecule has 0 fully saturated rings. The average molecular weight is 1590 g/mol. The Bertz CT molecular complexity index is 2100. The lowest BCUT2D eigenvalue weighted by molar-refractivity contribution is -0.161. The summed E-state index contributed by atoms with van der Waals surface area (Å²) >= 11 is 0. The molecule has 0 saturated carbocycles. The maximum atomic E-state index is 13.2. The molecule has 0 aliphatic heterocycles. The highest BCUT2D eigenvalue weighted by Crippen LogP contribution is 2.45. The number of phosphoric acid groups is 2. The van der Waals surface area contributed by atoms with Crippen molar-refractivity contribution < 1.29 is 80.2 Å². The zero-order chi connectivity index (χ0) is 80.0. The van der Waals surface area contributed by atoms with Gasteiger partial charge in [-0.05, 0) is 43.4 Å². The minimum absolute atomic E-state index is 0.108. The molecule has 0 amide bonds. The predicted octanol–water partition coefficient (Wildman–Crippen LogP) is 27.6. The molecule has 0 aromatic carbocycles. The highest BCUT2D eigenvalue weighted by molar-refractivity contribution is 7.47. The molecule has 0 aliphatic carbocycles. The Morgan fingerprint density at radius 2 is 0.422 bits per heavy atom. The van der Waals surface area contributed by atoms with Gasteiger partial charge in [-0.3, -0.25) is 37.3 Å². The minimum atomic E-state index is -4.97. The van der Waals surface area contributed by atoms with Gasteiger partial charge in [0, 0.05) is 25.7 Å². The molecule has 0 bridgehead atoms. The van der Waals surface area contributed by atoms with Gasteiger partial charge in [0.2, 0.25) is 0 Å². The Hall–Kier alpha value is -1.94. The lowest BCUT2D eigenvalue weighted by Gasteiger charge is -2.21. The van der Waals surface area contributed by atoms with Crippen molar-refractivity contribution in [2.75, 3.05) is 39.6 Å². The first-order valence-corrected chi connectivity index (χ1v) is 49.3. The van der Waals surface area contributed by atoms with E-state index >= 15 is 0 Å². The Kier molecular flexibility index (Phi) is 78.5. The zero-order valence-corrected chi connectivity index (χ0v) is 73.8. The molecule has 19 heteroatoms. The summed E-state index contributed by atoms with van der Waals surface area (Å²) in [6.45, 7) is 12.1. The molecule has 17 nitrogen and oxygen atoms in total. The van der Waals surface area contributed by atoms with Gasteiger partial charge in [-0.2, -0.15) is 0 Å². The van der Waals surface area contributed by atoms with Crippen molar-refractivity contribution in [2.45, 2.75) is 497 Å². The maximum absolute atomic E-state index is 13.2. The molecule has 648 valence electrons. The van der Waals surface area contributed by atoms with Gasteiger partial charge < -0.3 is 33.8 Å². The van der Waals surface area contributed by atoms with Crippen LogP contribution >= 0.6 is 15.6 Å². The Morgan fingerprint density at radius 3 is 0.624 bits per heavy atom. The number of phosphoric ester groups is 2. The summed E-state index contributed by atoms with van der Waals surface area (Å²) in [5.41, 5.74) is 0. The lowest BCUT2D eigenvalue weighted by Crippen LogP contribution is -2.30. The van der Waals surface area contributed by atoms with Gasteiger partial charge in [-0.25, -0.2) is 9.13 Å². The summed E-state index contributed by atoms with van der Waals surface area (Å²) in [5.74, 6) is 0.331. The summed E-state index contributed by atoms with van der Waals surface area (Å²) in [5, 5.41) is 10.7. The molecule has 0 radical (unpaired) electrons. The first kappa shape index (κ1) is 107. The van der Waals surface area contributed by atoms with Crippen LogP contribution in [0.15, 0.2) is 0 Å². The third-order valence-electron chi connectivity index (χ3n) is 21.1. The summed E-state index contributed by atoms with van der Waals surface area (Å²) in [6, 6.07) is 0. The van der Waals surface area contributed by atoms with E-state index in [-0.39, 0.29) is 25.7 Å². The van der Waals surface area contributed by atoms with Crippen LogP contribution in [0.5, 0.6) is 0 Å². The third kappa shape index (κ3) is 83.8. The van der Waals surface area contributed by atoms with Crippen molar-refractivity contribution in [2.24, 2.45) is 17.8 Å². The van der Waals surface area contributed by atoms with E-state index < -0.39 is 97.5 Å². The second-order valence-electron chi connectivity index (χ2n) is 33.8. The molecule has 2 unspecified atom stereocenters. The second-order valence-corrected chi connectivity index (χ2v) is 36.7. The Morgan fingerprint density at radius 1 is 0.248 bits per heavy atom. The molecule has 0 aromatic heterocycles. The standard InChI is InChI=1S/C90H176O17P2/c1-8-9-10-11-12-13-33-43-50-57-64-71-87(92)100-77-85(106-90(95)74-67-60-53-46-39-32-26-29-36-42-49-56-63-70-83(6)7)79-104-108(96,97)102-75-84(91)76-103-109(98,99)105-80-86(107-89(94)73-66-59-52-45-38-31-25-21-17-15-19-23-28-35-41-48-55-62-69-82(4)5)78-101-88(93)72-65-58-51-44-37-30-24-20-16-14-18-22-27-34-40-47-54-61-68-81(2)3/h81-86,91H,8-80H2,1-7H3,(H,96,97)(H,98,99)/t84-,85+,86+/m0/s1. The summed E-state index contributed by atoms with van der Waals surface area (Å²) in [7, 11) is -9.93. The number of esters is 4. The van der Waals surface area contributed by atoms with Gasteiger partial charge >= 0.3 is 39.5 Å². The van der Waals surface area contributed by atoms with Crippen molar-refractivity contribution >= 4 is 39.5 Å². The van der Waals surface area contributed by atoms with Crippen molar-refractivity contribution in [1.82, 2.24) is 0 Å². The fourth-order valence-electron chi connectivity index (χ4n) is 14.1. The molecule has 0 saturated heterocycles. The molecule has 0 aliphatic rings. The molecule has 0 rings (SSSR count). The van der Waals surface area contributed by atoms with Crippen molar-refractivity contribution in [3.05, 3.63) is 0 Å². The lowest BCUT2D eigenvalue weighted by atomic mass is 10.0. The highest BCUT2D eigenvalue weighted by atomic mass is 31.2. The quantitative estimate of drug-likeness (QED) is 0.0222. The molecular formula is C90H176O17P2. The number of carbonyl (C=O) groups is 4. The van der Waals surface area contributed by atoms with Crippen LogP contribution in [0, 0.1) is 17.8 Å². The Labute approximate surface area is 670 Å². The molecule has 0 aromatic rings. The summed E-state index contributed by atoms with van der Waals surface area (Å²) in [4.78, 5) is 73.4. The fourth-order valence-corrected chi connectivity index (χ4v) is 15.7. The van der Waals surface area contributed by atoms with Crippen LogP contribution in [-0.4, -0.2) is 96.7 Å². The van der Waals surface area contributed by atoms with Crippen molar-refractivity contribution in [3.8, 4) is 0 Å². The van der Waals surface area contributed by atoms with Crippen LogP contribution in [0.3, 0.4) is 0 Å². The number of rotatable bonds is 88. The average Bonchev–Trinajstić information content (AvgIpc) is 0.899. The molecule has 5 atom stereocenters. The topological polar surface area (TPSA) is 237 Å². The SMILES string of the molecule is CCCCCCCCCCCCCC(=O)OC[C@H](COP(=O)(O)OC[C@H](O)COP(=O)(O)OC[C@@H](COC(=O)CCCCCCCCCCCCCCCCCCCCC(C)C)OC(=O)CCCCCCCCCCCCCCCCCCCCC(C)C)OC(=O)CCCCCCCCCCCCCCCC(C)C. The minimum Gasteiger partial charge on any atom is -0.462 e. The first-order valence-electron chi connectivity index (χ1n) is 46.3. The van der Waals surface area contributed by atoms with E-state index in [1.165, 1.54) is 289 Å². The Balaban J connectivity index is 5.23. The van der Waals surface area contributed by atoms with E-state index in [1.807, 2.05) is 0 Å². The van der Waals surface area contributed by atoms with Gasteiger partial charge in [0.25, 0.3) is 0 Å². The zero-order valence-electron chi connectivity index (χ0n) is 72.0. The van der Waals surface area contributed by atoms with E-state index in [2.05, 4.69) is 48.5 Å². The first-order chi connectivity index (χ1) is 52.7. The van der Waals surface area contributed by atoms with Crippen molar-refractivity contribution in [3.63, 3.8) is 0 Å². The van der Waals surface area contributed by atoms with Crippen LogP contribution in [0.4, 0.5) is 0 Å². The van der Waals surface area contributed by atoms with Gasteiger partial charge in [-0.1, -0.05) is 427 Å². The number of hydrogen-bond donors (Lipinski definition) is 3. The monoisotopic (exact) mass is 1590 g/mol. The fraction of sp³-hybridized carbons (Fsp3) is 0.956. The van der Waals surface area contributed by atoms with E-state index in [0.717, 1.165) is 108 Å². The maximum Gasteiger partial charge on any atom is 0.472 e. The molecule has 0 spiro atoms. The van der Waals surface area contributed by atoms with Gasteiger partial charge in [0.15, 0.2) is 12.2 Å². The van der Waals surface area contributed by atoms with Crippen molar-refractivity contribution in [1.29, 1.82) is 0 Å². The van der Waals surface area contributed by atoms with Crippen LogP contribution in [-0.2, 0) is 65.4 Å². The molecule has 109 heavy (non-hydrogen) atoms. The number of aliphatic hydroxyl groups is 1. The number of unbranched alkanes of at least 4 members (excludes halogenated alkanes) is 56. The van der Waals surface area contributed by atoms with E-state index in [0.29, 0.717) is 25.7 Å². The normalized spacial score (nSPS) is 13.8. The number of carbonyl (C=O) groups excluding carboxylic acids is 4. The number of aliphatic hydroxyl groups excluding tert-OH is 1. The predicted molar refractivity (Wildman–Crippen MR) is 451 cm³/mol. The van der Waals surface area contributed by atoms with Crippen LogP contribution in [0.25, 0.3) is 0 Å². The largest absolute Gasteiger partial charge is 0.472 e. The smallest absolute Gasteiger partial charge is 0.462 e. The molecule has 3 N–H and O–H groups in total. The van der Waals surface area contributed by atoms with Crippen LogP contribution in [0.1, 0.15) is 479 Å². The molecule has 0 heterocycles. The van der Waals surface area contributed by atoms with E-state index in [1.54, 1.807) is 0 Å². The highest BCUT2D eigenvalue weighted by Gasteiger charge is 2.31. The number of ether oxygens (including phenoxy) is 4. The van der Waals surface area contributed by atoms with Gasteiger partial charge in [0.05, 0.1) is 26.4 Å². The van der Waals surface area contributed by atoms with Crippen LogP contribution in [0.2, 0.25) is 0 Å². The molecular weight excluding hydrogens is 1410 g/mol. The van der Waals surface area contributed by atoms with E-state index in [4.69, 9.17) is 37.0 Å². The van der Waals surface area contributed by atoms with Gasteiger partial charge in [0.1, 0.15) is 19.3 Å². The number of hydrogen-bond acceptors (Lipinski definition) is 15. The van der Waals surface area contributed by atoms with Crippen LogP contribution < -0.4 is 0 Å².